The second-order valence-corrected chi connectivity index (χ2v) is 5.76. The third-order valence-electron chi connectivity index (χ3n) is 3.87. The molecule has 1 saturated heterocycles. The Bertz CT molecular complexity index is 599. The molecule has 4 heteroatoms. The summed E-state index contributed by atoms with van der Waals surface area (Å²) in [6.07, 6.45) is 3.29. The number of aromatic nitrogens is 2. The van der Waals surface area contributed by atoms with Gasteiger partial charge in [0, 0.05) is 19.3 Å². The molecule has 2 heterocycles. The number of benzene rings is 1. The minimum absolute atomic E-state index is 0.704. The Labute approximate surface area is 118 Å². The Morgan fingerprint density at radius 3 is 2.79 bits per heavy atom. The number of nitrogens with zero attached hydrogens (tertiary/aromatic N) is 2. The summed E-state index contributed by atoms with van der Waals surface area (Å²) < 4.78 is 3.07. The van der Waals surface area contributed by atoms with Crippen molar-refractivity contribution in [3.05, 3.63) is 41.3 Å². The van der Waals surface area contributed by atoms with Crippen LogP contribution in [0.2, 0.25) is 0 Å². The van der Waals surface area contributed by atoms with Gasteiger partial charge in [-0.05, 0) is 43.7 Å². The number of hydrogen-bond acceptors (Lipinski definition) is 2. The van der Waals surface area contributed by atoms with Gasteiger partial charge >= 0.3 is 0 Å². The SMILES string of the molecule is CN1CCC(Cn2c(-c3ccccc3)c[nH]c2=S)C1. The van der Waals surface area contributed by atoms with E-state index in [4.69, 9.17) is 12.2 Å². The lowest BCUT2D eigenvalue weighted by atomic mass is 10.1. The van der Waals surface area contributed by atoms with E-state index in [1.54, 1.807) is 0 Å². The van der Waals surface area contributed by atoms with Crippen molar-refractivity contribution in [3.63, 3.8) is 0 Å². The van der Waals surface area contributed by atoms with Gasteiger partial charge in [0.2, 0.25) is 0 Å². The molecule has 100 valence electrons. The van der Waals surface area contributed by atoms with Crippen molar-refractivity contribution >= 4 is 12.2 Å². The lowest BCUT2D eigenvalue weighted by Gasteiger charge is -2.14. The van der Waals surface area contributed by atoms with Crippen LogP contribution in [0.5, 0.6) is 0 Å². The fraction of sp³-hybridized carbons (Fsp3) is 0.400. The zero-order valence-corrected chi connectivity index (χ0v) is 12.0. The lowest BCUT2D eigenvalue weighted by Crippen LogP contribution is -2.17. The first kappa shape index (κ1) is 12.6. The van der Waals surface area contributed by atoms with Gasteiger partial charge in [-0.15, -0.1) is 0 Å². The molecule has 1 unspecified atom stereocenters. The molecule has 0 radical (unpaired) electrons. The van der Waals surface area contributed by atoms with E-state index < -0.39 is 0 Å². The number of H-pyrrole nitrogens is 1. The highest BCUT2D eigenvalue weighted by atomic mass is 32.1. The van der Waals surface area contributed by atoms with E-state index in [0.29, 0.717) is 5.92 Å². The second kappa shape index (κ2) is 5.31. The highest BCUT2D eigenvalue weighted by molar-refractivity contribution is 7.71. The van der Waals surface area contributed by atoms with Crippen molar-refractivity contribution in [2.24, 2.45) is 5.92 Å². The molecule has 1 aromatic heterocycles. The maximum absolute atomic E-state index is 5.43. The summed E-state index contributed by atoms with van der Waals surface area (Å²) >= 11 is 5.43. The van der Waals surface area contributed by atoms with Gasteiger partial charge in [0.15, 0.2) is 4.77 Å². The summed E-state index contributed by atoms with van der Waals surface area (Å²) in [6.45, 7) is 3.38. The molecule has 1 aliphatic heterocycles. The molecule has 0 saturated carbocycles. The van der Waals surface area contributed by atoms with Crippen molar-refractivity contribution in [1.82, 2.24) is 14.5 Å². The van der Waals surface area contributed by atoms with Crippen molar-refractivity contribution < 1.29 is 0 Å². The average molecular weight is 273 g/mol. The molecule has 1 atom stereocenters. The number of aromatic amines is 1. The molecule has 1 aromatic carbocycles. The predicted octanol–water partition coefficient (Wildman–Crippen LogP) is 3.16. The van der Waals surface area contributed by atoms with Crippen LogP contribution in [0, 0.1) is 10.7 Å². The van der Waals surface area contributed by atoms with Crippen molar-refractivity contribution in [3.8, 4) is 11.3 Å². The van der Waals surface area contributed by atoms with Crippen LogP contribution in [0.4, 0.5) is 0 Å². The molecule has 0 bridgehead atoms. The van der Waals surface area contributed by atoms with Crippen LogP contribution in [0.25, 0.3) is 11.3 Å². The molecule has 3 nitrogen and oxygen atoms in total. The second-order valence-electron chi connectivity index (χ2n) is 5.37. The molecule has 1 fully saturated rings. The Hall–Kier alpha value is -1.39. The van der Waals surface area contributed by atoms with Crippen LogP contribution >= 0.6 is 12.2 Å². The summed E-state index contributed by atoms with van der Waals surface area (Å²) in [5, 5.41) is 0. The average Bonchev–Trinajstić information content (AvgIpc) is 2.99. The van der Waals surface area contributed by atoms with Gasteiger partial charge in [-0.3, -0.25) is 0 Å². The molecule has 0 aliphatic carbocycles. The van der Waals surface area contributed by atoms with Crippen LogP contribution in [-0.4, -0.2) is 34.6 Å². The van der Waals surface area contributed by atoms with Crippen molar-refractivity contribution in [1.29, 1.82) is 0 Å². The Balaban J connectivity index is 1.89. The number of rotatable bonds is 3. The van der Waals surface area contributed by atoms with Crippen LogP contribution in [0.3, 0.4) is 0 Å². The minimum Gasteiger partial charge on any atom is -0.337 e. The van der Waals surface area contributed by atoms with E-state index in [1.165, 1.54) is 30.8 Å². The fourth-order valence-electron chi connectivity index (χ4n) is 2.86. The van der Waals surface area contributed by atoms with E-state index in [9.17, 15) is 0 Å². The third-order valence-corrected chi connectivity index (χ3v) is 4.21. The largest absolute Gasteiger partial charge is 0.337 e. The standard InChI is InChI=1S/C15H19N3S/c1-17-8-7-12(10-17)11-18-14(9-16-15(18)19)13-5-3-2-4-6-13/h2-6,9,12H,7-8,10-11H2,1H3,(H,16,19). The Kier molecular flexibility index (Phi) is 3.53. The summed E-state index contributed by atoms with van der Waals surface area (Å²) in [6, 6.07) is 10.4. The van der Waals surface area contributed by atoms with Gasteiger partial charge in [-0.1, -0.05) is 30.3 Å². The van der Waals surface area contributed by atoms with Crippen LogP contribution in [0.15, 0.2) is 36.5 Å². The van der Waals surface area contributed by atoms with E-state index >= 15 is 0 Å². The van der Waals surface area contributed by atoms with Gasteiger partial charge in [0.05, 0.1) is 5.69 Å². The highest BCUT2D eigenvalue weighted by Gasteiger charge is 2.21. The van der Waals surface area contributed by atoms with E-state index in [2.05, 4.69) is 45.8 Å². The summed E-state index contributed by atoms with van der Waals surface area (Å²) in [7, 11) is 2.19. The van der Waals surface area contributed by atoms with E-state index in [-0.39, 0.29) is 0 Å². The molecule has 1 N–H and O–H groups in total. The molecular weight excluding hydrogens is 254 g/mol. The first-order valence-electron chi connectivity index (χ1n) is 6.76. The van der Waals surface area contributed by atoms with Gasteiger partial charge in [-0.2, -0.15) is 0 Å². The highest BCUT2D eigenvalue weighted by Crippen LogP contribution is 2.23. The molecule has 0 amide bonds. The maximum Gasteiger partial charge on any atom is 0.177 e. The lowest BCUT2D eigenvalue weighted by molar-refractivity contribution is 0.378. The number of nitrogens with one attached hydrogen (secondary N) is 1. The topological polar surface area (TPSA) is 24.0 Å². The van der Waals surface area contributed by atoms with Gasteiger partial charge in [-0.25, -0.2) is 0 Å². The predicted molar refractivity (Wildman–Crippen MR) is 80.7 cm³/mol. The van der Waals surface area contributed by atoms with Gasteiger partial charge in [0.1, 0.15) is 0 Å². The first-order valence-corrected chi connectivity index (χ1v) is 7.17. The van der Waals surface area contributed by atoms with Gasteiger partial charge < -0.3 is 14.5 Å². The summed E-state index contributed by atoms with van der Waals surface area (Å²) in [5.41, 5.74) is 2.42. The molecule has 0 spiro atoms. The molecule has 19 heavy (non-hydrogen) atoms. The molecule has 1 aliphatic rings. The van der Waals surface area contributed by atoms with Crippen molar-refractivity contribution in [2.45, 2.75) is 13.0 Å². The first-order chi connectivity index (χ1) is 9.24. The smallest absolute Gasteiger partial charge is 0.177 e. The monoisotopic (exact) mass is 273 g/mol. The minimum atomic E-state index is 0.704. The summed E-state index contributed by atoms with van der Waals surface area (Å²) in [4.78, 5) is 5.58. The Morgan fingerprint density at radius 2 is 2.11 bits per heavy atom. The number of likely N-dealkylation sites (tertiary alicyclic amines) is 1. The molecular formula is C15H19N3S. The zero-order chi connectivity index (χ0) is 13.2. The van der Waals surface area contributed by atoms with Crippen molar-refractivity contribution in [2.75, 3.05) is 20.1 Å². The van der Waals surface area contributed by atoms with Crippen LogP contribution in [0.1, 0.15) is 6.42 Å². The normalized spacial score (nSPS) is 19.9. The zero-order valence-electron chi connectivity index (χ0n) is 11.2. The van der Waals surface area contributed by atoms with E-state index in [1.807, 2.05) is 12.3 Å². The maximum atomic E-state index is 5.43. The quantitative estimate of drug-likeness (QED) is 0.869. The van der Waals surface area contributed by atoms with Crippen LogP contribution < -0.4 is 0 Å². The van der Waals surface area contributed by atoms with Gasteiger partial charge in [0.25, 0.3) is 0 Å². The summed E-state index contributed by atoms with van der Waals surface area (Å²) in [5.74, 6) is 0.704. The number of imidazole rings is 1. The van der Waals surface area contributed by atoms with E-state index in [0.717, 1.165) is 11.3 Å². The Morgan fingerprint density at radius 1 is 1.32 bits per heavy atom. The third kappa shape index (κ3) is 2.65. The molecule has 2 aromatic rings. The van der Waals surface area contributed by atoms with Crippen LogP contribution in [-0.2, 0) is 6.54 Å². The molecule has 3 rings (SSSR count). The fourth-order valence-corrected chi connectivity index (χ4v) is 3.09. The number of hydrogen-bond donors (Lipinski definition) is 1.